The minimum Gasteiger partial charge on any atom is -0.427 e. The molecule has 2 aromatic heterocycles. The average Bonchev–Trinajstić information content (AvgIpc) is 3.18. The molecule has 30 heavy (non-hydrogen) atoms. The van der Waals surface area contributed by atoms with Crippen LogP contribution in [0, 0.1) is 13.8 Å². The number of benzene rings is 1. The van der Waals surface area contributed by atoms with Gasteiger partial charge in [0.25, 0.3) is 5.91 Å². The molecule has 3 aromatic rings. The lowest BCUT2D eigenvalue weighted by molar-refractivity contribution is 0.0945. The van der Waals surface area contributed by atoms with Gasteiger partial charge >= 0.3 is 5.63 Å². The molecular formula is C23H26N4O3. The van der Waals surface area contributed by atoms with Gasteiger partial charge in [-0.1, -0.05) is 12.1 Å². The molecule has 1 fully saturated rings. The van der Waals surface area contributed by atoms with E-state index in [2.05, 4.69) is 15.6 Å². The molecule has 1 unspecified atom stereocenters. The minimum atomic E-state index is -0.570. The van der Waals surface area contributed by atoms with Crippen LogP contribution in [0.5, 0.6) is 0 Å². The number of hydrogen-bond donors (Lipinski definition) is 2. The fourth-order valence-corrected chi connectivity index (χ4v) is 3.90. The molecule has 1 aliphatic rings. The maximum absolute atomic E-state index is 12.6. The van der Waals surface area contributed by atoms with Crippen molar-refractivity contribution in [2.45, 2.75) is 39.2 Å². The van der Waals surface area contributed by atoms with E-state index >= 15 is 0 Å². The summed E-state index contributed by atoms with van der Waals surface area (Å²) in [6.45, 7) is 5.84. The van der Waals surface area contributed by atoms with Crippen LogP contribution in [-0.2, 0) is 6.54 Å². The standard InChI is InChI=1S/C23H26N4O3/c1-15-12-20(18-4-3-9-24-14-18)30-23(29)21(15)22(28)26-13-17-5-7-19(8-6-17)27-11-10-25-16(27)2/h5-8,10-12,18,24H,3-4,9,13-14H2,1-2H3,(H,26,28). The Morgan fingerprint density at radius 2 is 2.10 bits per heavy atom. The summed E-state index contributed by atoms with van der Waals surface area (Å²) in [5.41, 5.74) is 2.10. The minimum absolute atomic E-state index is 0.0770. The van der Waals surface area contributed by atoms with E-state index < -0.39 is 11.5 Å². The topological polar surface area (TPSA) is 89.2 Å². The molecule has 1 saturated heterocycles. The first-order valence-corrected chi connectivity index (χ1v) is 10.3. The highest BCUT2D eigenvalue weighted by Gasteiger charge is 2.22. The van der Waals surface area contributed by atoms with Gasteiger partial charge < -0.3 is 19.6 Å². The van der Waals surface area contributed by atoms with Crippen LogP contribution < -0.4 is 16.3 Å². The third-order valence-corrected chi connectivity index (χ3v) is 5.59. The summed E-state index contributed by atoms with van der Waals surface area (Å²) < 4.78 is 7.49. The zero-order valence-electron chi connectivity index (χ0n) is 17.3. The number of nitrogens with one attached hydrogen (secondary N) is 2. The molecule has 1 amide bonds. The highest BCUT2D eigenvalue weighted by atomic mass is 16.4. The number of aryl methyl sites for hydroxylation is 2. The van der Waals surface area contributed by atoms with Gasteiger partial charge in [-0.15, -0.1) is 0 Å². The van der Waals surface area contributed by atoms with E-state index in [4.69, 9.17) is 4.42 Å². The highest BCUT2D eigenvalue weighted by molar-refractivity contribution is 5.95. The molecular weight excluding hydrogens is 380 g/mol. The van der Waals surface area contributed by atoms with Gasteiger partial charge in [0, 0.05) is 37.1 Å². The van der Waals surface area contributed by atoms with Crippen LogP contribution >= 0.6 is 0 Å². The Balaban J connectivity index is 1.44. The lowest BCUT2D eigenvalue weighted by atomic mass is 9.95. The van der Waals surface area contributed by atoms with E-state index in [0.29, 0.717) is 17.9 Å². The highest BCUT2D eigenvalue weighted by Crippen LogP contribution is 2.23. The molecule has 0 saturated carbocycles. The number of amides is 1. The summed E-state index contributed by atoms with van der Waals surface area (Å²) in [4.78, 5) is 29.4. The summed E-state index contributed by atoms with van der Waals surface area (Å²) in [6.07, 6.45) is 5.69. The predicted octanol–water partition coefficient (Wildman–Crippen LogP) is 2.84. The molecule has 0 radical (unpaired) electrons. The normalized spacial score (nSPS) is 16.4. The third kappa shape index (κ3) is 4.21. The van der Waals surface area contributed by atoms with Crippen molar-refractivity contribution in [1.29, 1.82) is 0 Å². The summed E-state index contributed by atoms with van der Waals surface area (Å²) in [5, 5.41) is 6.15. The number of nitrogens with zero attached hydrogens (tertiary/aromatic N) is 2. The van der Waals surface area contributed by atoms with Crippen molar-refractivity contribution in [3.05, 3.63) is 81.4 Å². The molecule has 3 heterocycles. The molecule has 1 atom stereocenters. The Kier molecular flexibility index (Phi) is 5.81. The Morgan fingerprint density at radius 1 is 1.30 bits per heavy atom. The summed E-state index contributed by atoms with van der Waals surface area (Å²) >= 11 is 0. The van der Waals surface area contributed by atoms with Crippen molar-refractivity contribution in [2.24, 2.45) is 0 Å². The van der Waals surface area contributed by atoms with Crippen LogP contribution in [0.25, 0.3) is 5.69 Å². The first-order valence-electron chi connectivity index (χ1n) is 10.3. The van der Waals surface area contributed by atoms with Crippen LogP contribution in [0.15, 0.2) is 51.9 Å². The number of rotatable bonds is 5. The first kappa shape index (κ1) is 20.1. The Morgan fingerprint density at radius 3 is 2.73 bits per heavy atom. The summed E-state index contributed by atoms with van der Waals surface area (Å²) in [7, 11) is 0. The number of hydrogen-bond acceptors (Lipinski definition) is 5. The van der Waals surface area contributed by atoms with Crippen molar-refractivity contribution in [3.8, 4) is 5.69 Å². The van der Waals surface area contributed by atoms with E-state index in [1.165, 1.54) is 0 Å². The van der Waals surface area contributed by atoms with Gasteiger partial charge in [-0.05, 0) is 62.6 Å². The smallest absolute Gasteiger partial charge is 0.349 e. The van der Waals surface area contributed by atoms with E-state index in [1.807, 2.05) is 48.0 Å². The number of carbonyl (C=O) groups excluding carboxylic acids is 1. The molecule has 156 valence electrons. The first-order chi connectivity index (χ1) is 14.5. The van der Waals surface area contributed by atoms with Crippen molar-refractivity contribution < 1.29 is 9.21 Å². The Labute approximate surface area is 175 Å². The monoisotopic (exact) mass is 406 g/mol. The van der Waals surface area contributed by atoms with Crippen molar-refractivity contribution in [3.63, 3.8) is 0 Å². The van der Waals surface area contributed by atoms with Gasteiger partial charge in [0.2, 0.25) is 0 Å². The summed E-state index contributed by atoms with van der Waals surface area (Å²) in [5.74, 6) is 1.33. The fourth-order valence-electron chi connectivity index (χ4n) is 3.90. The van der Waals surface area contributed by atoms with Crippen LogP contribution in [0.4, 0.5) is 0 Å². The number of piperidine rings is 1. The van der Waals surface area contributed by atoms with Gasteiger partial charge in [0.15, 0.2) is 0 Å². The number of carbonyl (C=O) groups is 1. The van der Waals surface area contributed by atoms with Gasteiger partial charge in [0.1, 0.15) is 17.1 Å². The molecule has 0 bridgehead atoms. The maximum atomic E-state index is 12.6. The van der Waals surface area contributed by atoms with Crippen molar-refractivity contribution in [1.82, 2.24) is 20.2 Å². The van der Waals surface area contributed by atoms with Crippen LogP contribution in [0.3, 0.4) is 0 Å². The molecule has 0 spiro atoms. The zero-order chi connectivity index (χ0) is 21.1. The quantitative estimate of drug-likeness (QED) is 0.680. The van der Waals surface area contributed by atoms with Gasteiger partial charge in [-0.2, -0.15) is 0 Å². The van der Waals surface area contributed by atoms with Gasteiger partial charge in [-0.25, -0.2) is 9.78 Å². The molecule has 4 rings (SSSR count). The number of imidazole rings is 1. The largest absolute Gasteiger partial charge is 0.427 e. The molecule has 1 aromatic carbocycles. The Hall–Kier alpha value is -3.19. The van der Waals surface area contributed by atoms with Crippen LogP contribution in [0.1, 0.15) is 51.8 Å². The summed E-state index contributed by atoms with van der Waals surface area (Å²) in [6, 6.07) is 9.68. The van der Waals surface area contributed by atoms with Gasteiger partial charge in [0.05, 0.1) is 0 Å². The van der Waals surface area contributed by atoms with E-state index in [9.17, 15) is 9.59 Å². The van der Waals surface area contributed by atoms with Gasteiger partial charge in [-0.3, -0.25) is 4.79 Å². The average molecular weight is 406 g/mol. The fraction of sp³-hybridized carbons (Fsp3) is 0.348. The molecule has 7 heteroatoms. The van der Waals surface area contributed by atoms with E-state index in [0.717, 1.165) is 43.0 Å². The molecule has 7 nitrogen and oxygen atoms in total. The molecule has 2 N–H and O–H groups in total. The lowest BCUT2D eigenvalue weighted by Gasteiger charge is -2.22. The lowest BCUT2D eigenvalue weighted by Crippen LogP contribution is -2.31. The van der Waals surface area contributed by atoms with Crippen LogP contribution in [0.2, 0.25) is 0 Å². The SMILES string of the molecule is Cc1cc(C2CCCNC2)oc(=O)c1C(=O)NCc1ccc(-n2ccnc2C)cc1. The number of aromatic nitrogens is 2. The Bertz CT molecular complexity index is 1090. The zero-order valence-corrected chi connectivity index (χ0v) is 17.3. The predicted molar refractivity (Wildman–Crippen MR) is 114 cm³/mol. The van der Waals surface area contributed by atoms with Crippen LogP contribution in [-0.4, -0.2) is 28.5 Å². The van der Waals surface area contributed by atoms with Crippen molar-refractivity contribution in [2.75, 3.05) is 13.1 Å². The molecule has 0 aliphatic carbocycles. The maximum Gasteiger partial charge on any atom is 0.349 e. The third-order valence-electron chi connectivity index (χ3n) is 5.59. The second kappa shape index (κ2) is 8.67. The van der Waals surface area contributed by atoms with Crippen molar-refractivity contribution >= 4 is 5.91 Å². The second-order valence-electron chi connectivity index (χ2n) is 7.73. The molecule has 1 aliphatic heterocycles. The van der Waals surface area contributed by atoms with E-state index in [1.54, 1.807) is 13.1 Å². The van der Waals surface area contributed by atoms with E-state index in [-0.39, 0.29) is 11.5 Å². The second-order valence-corrected chi connectivity index (χ2v) is 7.73.